The fraction of sp³-hybridized carbons (Fsp3) is 0.0667. The number of carbonyl (C=O) groups excluding carboxylic acids is 1. The van der Waals surface area contributed by atoms with Gasteiger partial charge in [0, 0.05) is 5.02 Å². The molecule has 1 aromatic carbocycles. The second-order valence-electron chi connectivity index (χ2n) is 4.46. The number of nitriles is 2. The van der Waals surface area contributed by atoms with E-state index in [0.717, 1.165) is 11.8 Å². The van der Waals surface area contributed by atoms with Gasteiger partial charge in [0.05, 0.1) is 27.6 Å². The Hall–Kier alpha value is -2.45. The van der Waals surface area contributed by atoms with Gasteiger partial charge in [0.15, 0.2) is 0 Å². The summed E-state index contributed by atoms with van der Waals surface area (Å²) in [6, 6.07) is 9.84. The van der Waals surface area contributed by atoms with Gasteiger partial charge in [-0.1, -0.05) is 35.0 Å². The minimum absolute atomic E-state index is 0.0114. The summed E-state index contributed by atoms with van der Waals surface area (Å²) in [4.78, 5) is 16.0. The van der Waals surface area contributed by atoms with Crippen molar-refractivity contribution >= 4 is 52.4 Å². The van der Waals surface area contributed by atoms with Gasteiger partial charge in [-0.3, -0.25) is 4.79 Å². The number of nitrogens with two attached hydrogens (primary N) is 1. The van der Waals surface area contributed by atoms with Gasteiger partial charge in [-0.15, -0.1) is 0 Å². The highest BCUT2D eigenvalue weighted by atomic mass is 35.5. The van der Waals surface area contributed by atoms with Gasteiger partial charge in [-0.2, -0.15) is 10.5 Å². The third kappa shape index (κ3) is 4.30. The molecule has 9 heteroatoms. The van der Waals surface area contributed by atoms with Crippen molar-refractivity contribution in [2.24, 2.45) is 0 Å². The number of rotatable bonds is 4. The lowest BCUT2D eigenvalue weighted by Crippen LogP contribution is -2.14. The third-order valence-corrected chi connectivity index (χ3v) is 4.36. The molecule has 0 aliphatic carbocycles. The molecule has 0 unspecified atom stereocenters. The Morgan fingerprint density at radius 2 is 1.96 bits per heavy atom. The number of thioether (sulfide) groups is 1. The van der Waals surface area contributed by atoms with E-state index in [9.17, 15) is 4.79 Å². The molecule has 1 heterocycles. The molecular formula is C15H9Cl2N5OS. The van der Waals surface area contributed by atoms with Crippen LogP contribution in [0.15, 0.2) is 29.3 Å². The quantitative estimate of drug-likeness (QED) is 0.788. The molecule has 0 radical (unpaired) electrons. The van der Waals surface area contributed by atoms with Crippen molar-refractivity contribution in [2.75, 3.05) is 16.8 Å². The first-order chi connectivity index (χ1) is 11.4. The Bertz CT molecular complexity index is 889. The van der Waals surface area contributed by atoms with E-state index in [1.807, 2.05) is 12.1 Å². The number of carbonyl (C=O) groups is 1. The van der Waals surface area contributed by atoms with E-state index in [1.54, 1.807) is 12.1 Å². The molecule has 120 valence electrons. The first kappa shape index (κ1) is 17.9. The highest BCUT2D eigenvalue weighted by Gasteiger charge is 2.13. The van der Waals surface area contributed by atoms with Gasteiger partial charge in [-0.25, -0.2) is 4.98 Å². The van der Waals surface area contributed by atoms with Crippen molar-refractivity contribution in [1.29, 1.82) is 10.5 Å². The highest BCUT2D eigenvalue weighted by Crippen LogP contribution is 2.27. The molecular weight excluding hydrogens is 369 g/mol. The lowest BCUT2D eigenvalue weighted by molar-refractivity contribution is -0.113. The average Bonchev–Trinajstić information content (AvgIpc) is 2.56. The second kappa shape index (κ2) is 7.89. The van der Waals surface area contributed by atoms with E-state index in [1.165, 1.54) is 12.1 Å². The normalized spacial score (nSPS) is 9.83. The molecule has 24 heavy (non-hydrogen) atoms. The van der Waals surface area contributed by atoms with Crippen LogP contribution in [0.25, 0.3) is 0 Å². The number of pyridine rings is 1. The summed E-state index contributed by atoms with van der Waals surface area (Å²) in [7, 11) is 0. The predicted molar refractivity (Wildman–Crippen MR) is 93.9 cm³/mol. The van der Waals surface area contributed by atoms with Crippen LogP contribution in [-0.2, 0) is 4.79 Å². The van der Waals surface area contributed by atoms with Crippen LogP contribution in [0.5, 0.6) is 0 Å². The summed E-state index contributed by atoms with van der Waals surface area (Å²) in [5.41, 5.74) is 6.32. The Kier molecular flexibility index (Phi) is 5.88. The van der Waals surface area contributed by atoms with Gasteiger partial charge in [0.2, 0.25) is 5.91 Å². The number of halogens is 2. The maximum Gasteiger partial charge on any atom is 0.234 e. The Labute approximate surface area is 152 Å². The third-order valence-electron chi connectivity index (χ3n) is 2.80. The lowest BCUT2D eigenvalue weighted by Gasteiger charge is -2.08. The zero-order chi connectivity index (χ0) is 17.7. The number of nitrogen functional groups attached to an aromatic ring is 1. The van der Waals surface area contributed by atoms with Crippen LogP contribution in [-0.4, -0.2) is 16.6 Å². The molecule has 2 aromatic rings. The predicted octanol–water partition coefficient (Wildman–Crippen LogP) is 3.44. The number of aromatic nitrogens is 1. The molecule has 3 N–H and O–H groups in total. The van der Waals surface area contributed by atoms with Crippen LogP contribution < -0.4 is 11.1 Å². The summed E-state index contributed by atoms with van der Waals surface area (Å²) in [5.74, 6) is -0.356. The monoisotopic (exact) mass is 377 g/mol. The molecule has 0 fully saturated rings. The fourth-order valence-electron chi connectivity index (χ4n) is 1.70. The number of hydrogen-bond donors (Lipinski definition) is 2. The molecule has 0 saturated carbocycles. The largest absolute Gasteiger partial charge is 0.383 e. The van der Waals surface area contributed by atoms with Gasteiger partial charge in [0.1, 0.15) is 23.0 Å². The van der Waals surface area contributed by atoms with Crippen molar-refractivity contribution < 1.29 is 4.79 Å². The molecule has 6 nitrogen and oxygen atoms in total. The fourth-order valence-corrected chi connectivity index (χ4v) is 2.80. The lowest BCUT2D eigenvalue weighted by atomic mass is 10.2. The molecule has 0 atom stereocenters. The van der Waals surface area contributed by atoms with Crippen molar-refractivity contribution in [2.45, 2.75) is 5.03 Å². The average molecular weight is 378 g/mol. The number of nitrogens with one attached hydrogen (secondary N) is 1. The zero-order valence-corrected chi connectivity index (χ0v) is 14.3. The molecule has 1 amide bonds. The smallest absolute Gasteiger partial charge is 0.234 e. The highest BCUT2D eigenvalue weighted by molar-refractivity contribution is 8.00. The van der Waals surface area contributed by atoms with E-state index < -0.39 is 0 Å². The van der Waals surface area contributed by atoms with E-state index in [2.05, 4.69) is 10.3 Å². The minimum Gasteiger partial charge on any atom is -0.383 e. The number of hydrogen-bond acceptors (Lipinski definition) is 6. The van der Waals surface area contributed by atoms with Gasteiger partial charge < -0.3 is 11.1 Å². The molecule has 2 rings (SSSR count). The first-order valence-corrected chi connectivity index (χ1v) is 8.17. The maximum absolute atomic E-state index is 12.0. The van der Waals surface area contributed by atoms with Crippen LogP contribution in [0, 0.1) is 22.7 Å². The van der Waals surface area contributed by atoms with Crippen LogP contribution in [0.1, 0.15) is 11.1 Å². The minimum atomic E-state index is -0.349. The van der Waals surface area contributed by atoms with Crippen molar-refractivity contribution in [3.8, 4) is 12.1 Å². The standard InChI is InChI=1S/C15H9Cl2N5OS/c16-10-1-2-11(17)12(4-10)21-13(23)7-24-15-9(6-19)3-8(5-18)14(20)22-15/h1-4H,7H2,(H2,20,22)(H,21,23). The number of nitrogens with zero attached hydrogens (tertiary/aromatic N) is 3. The number of benzene rings is 1. The number of anilines is 2. The summed E-state index contributed by atoms with van der Waals surface area (Å²) >= 11 is 12.9. The Morgan fingerprint density at radius 1 is 1.25 bits per heavy atom. The van der Waals surface area contributed by atoms with Crippen LogP contribution in [0.2, 0.25) is 10.0 Å². The van der Waals surface area contributed by atoms with E-state index >= 15 is 0 Å². The summed E-state index contributed by atoms with van der Waals surface area (Å²) in [6.07, 6.45) is 0. The number of amides is 1. The maximum atomic E-state index is 12.0. The second-order valence-corrected chi connectivity index (χ2v) is 6.27. The van der Waals surface area contributed by atoms with Crippen LogP contribution in [0.3, 0.4) is 0 Å². The molecule has 0 spiro atoms. The van der Waals surface area contributed by atoms with Crippen LogP contribution in [0.4, 0.5) is 11.5 Å². The van der Waals surface area contributed by atoms with Crippen LogP contribution >= 0.6 is 35.0 Å². The van der Waals surface area contributed by atoms with Gasteiger partial charge in [0.25, 0.3) is 0 Å². The molecule has 0 aliphatic heterocycles. The Morgan fingerprint density at radius 3 is 2.62 bits per heavy atom. The van der Waals surface area contributed by atoms with Crippen molar-refractivity contribution in [1.82, 2.24) is 4.98 Å². The Balaban J connectivity index is 2.10. The molecule has 1 aromatic heterocycles. The summed E-state index contributed by atoms with van der Waals surface area (Å²) in [6.45, 7) is 0. The topological polar surface area (TPSA) is 116 Å². The van der Waals surface area contributed by atoms with E-state index in [0.29, 0.717) is 15.7 Å². The molecule has 0 aliphatic rings. The molecule has 0 bridgehead atoms. The van der Waals surface area contributed by atoms with E-state index in [-0.39, 0.29) is 33.6 Å². The summed E-state index contributed by atoms with van der Waals surface area (Å²) < 4.78 is 0. The van der Waals surface area contributed by atoms with Crippen molar-refractivity contribution in [3.05, 3.63) is 45.4 Å². The SMILES string of the molecule is N#Cc1cc(C#N)c(SCC(=O)Nc2cc(Cl)ccc2Cl)nc1N. The first-order valence-electron chi connectivity index (χ1n) is 6.43. The van der Waals surface area contributed by atoms with Gasteiger partial charge >= 0.3 is 0 Å². The zero-order valence-electron chi connectivity index (χ0n) is 12.0. The molecule has 0 saturated heterocycles. The van der Waals surface area contributed by atoms with E-state index in [4.69, 9.17) is 39.5 Å². The summed E-state index contributed by atoms with van der Waals surface area (Å²) in [5, 5.41) is 21.7. The van der Waals surface area contributed by atoms with Crippen molar-refractivity contribution in [3.63, 3.8) is 0 Å². The van der Waals surface area contributed by atoms with Gasteiger partial charge in [-0.05, 0) is 24.3 Å².